The smallest absolute Gasteiger partial charge is 0.315 e. The Morgan fingerprint density at radius 3 is 2.48 bits per heavy atom. The number of rotatable bonds is 3. The van der Waals surface area contributed by atoms with Gasteiger partial charge in [-0.15, -0.1) is 0 Å². The SMILES string of the molecule is O=C(NCC1(O)CCCCCC1)NC1C2CCOC2C12CCC2. The molecule has 4 aliphatic rings. The van der Waals surface area contributed by atoms with Gasteiger partial charge in [-0.05, 0) is 32.1 Å². The molecule has 3 unspecified atom stereocenters. The minimum absolute atomic E-state index is 0.107. The van der Waals surface area contributed by atoms with Gasteiger partial charge < -0.3 is 20.5 Å². The zero-order valence-electron chi connectivity index (χ0n) is 14.0. The molecule has 0 aromatic rings. The Kier molecular flexibility index (Phi) is 4.04. The number of ether oxygens (including phenoxy) is 1. The molecule has 3 aliphatic carbocycles. The topological polar surface area (TPSA) is 70.6 Å². The summed E-state index contributed by atoms with van der Waals surface area (Å²) in [5.74, 6) is 0.502. The highest BCUT2D eigenvalue weighted by molar-refractivity contribution is 5.74. The second-order valence-electron chi connectivity index (χ2n) is 8.27. The first-order chi connectivity index (χ1) is 11.1. The molecule has 1 heterocycles. The third-order valence-electron chi connectivity index (χ3n) is 6.93. The molecule has 2 amide bonds. The Hall–Kier alpha value is -0.810. The zero-order chi connectivity index (χ0) is 15.9. The van der Waals surface area contributed by atoms with Crippen molar-refractivity contribution in [3.63, 3.8) is 0 Å². The van der Waals surface area contributed by atoms with E-state index in [9.17, 15) is 9.90 Å². The maximum absolute atomic E-state index is 12.4. The van der Waals surface area contributed by atoms with Crippen LogP contribution in [-0.4, -0.2) is 42.0 Å². The molecule has 0 aromatic carbocycles. The lowest BCUT2D eigenvalue weighted by atomic mass is 9.46. The number of amides is 2. The van der Waals surface area contributed by atoms with Crippen molar-refractivity contribution in [2.45, 2.75) is 82.0 Å². The van der Waals surface area contributed by atoms with Gasteiger partial charge in [-0.1, -0.05) is 32.1 Å². The van der Waals surface area contributed by atoms with Gasteiger partial charge in [-0.25, -0.2) is 4.79 Å². The highest BCUT2D eigenvalue weighted by Gasteiger charge is 2.67. The van der Waals surface area contributed by atoms with Crippen molar-refractivity contribution in [3.05, 3.63) is 0 Å². The minimum atomic E-state index is -0.708. The number of fused-ring (bicyclic) bond motifs is 2. The third kappa shape index (κ3) is 2.66. The zero-order valence-corrected chi connectivity index (χ0v) is 14.0. The second kappa shape index (κ2) is 5.92. The van der Waals surface area contributed by atoms with E-state index in [2.05, 4.69) is 10.6 Å². The van der Waals surface area contributed by atoms with E-state index in [0.29, 0.717) is 18.6 Å². The highest BCUT2D eigenvalue weighted by Crippen LogP contribution is 2.62. The Bertz CT molecular complexity index is 455. The van der Waals surface area contributed by atoms with Gasteiger partial charge in [-0.2, -0.15) is 0 Å². The number of hydrogen-bond donors (Lipinski definition) is 3. The van der Waals surface area contributed by atoms with Gasteiger partial charge in [0.15, 0.2) is 0 Å². The van der Waals surface area contributed by atoms with Crippen LogP contribution >= 0.6 is 0 Å². The molecule has 0 aromatic heterocycles. The van der Waals surface area contributed by atoms with Gasteiger partial charge in [0.05, 0.1) is 11.7 Å². The first-order valence-corrected chi connectivity index (χ1v) is 9.51. The molecular formula is C18H30N2O3. The fourth-order valence-electron chi connectivity index (χ4n) is 5.46. The first kappa shape index (κ1) is 15.7. The number of aliphatic hydroxyl groups is 1. The van der Waals surface area contributed by atoms with Crippen LogP contribution in [0.15, 0.2) is 0 Å². The lowest BCUT2D eigenvalue weighted by molar-refractivity contribution is -0.172. The lowest BCUT2D eigenvalue weighted by Crippen LogP contribution is -2.72. The average molecular weight is 322 g/mol. The van der Waals surface area contributed by atoms with Crippen molar-refractivity contribution in [2.75, 3.05) is 13.2 Å². The fraction of sp³-hybridized carbons (Fsp3) is 0.944. The molecule has 4 fully saturated rings. The van der Waals surface area contributed by atoms with Crippen molar-refractivity contribution in [1.29, 1.82) is 0 Å². The van der Waals surface area contributed by atoms with E-state index in [1.165, 1.54) is 32.1 Å². The van der Waals surface area contributed by atoms with Crippen LogP contribution in [0.1, 0.15) is 64.2 Å². The number of nitrogens with one attached hydrogen (secondary N) is 2. The Balaban J connectivity index is 1.30. The van der Waals surface area contributed by atoms with E-state index in [0.717, 1.165) is 38.7 Å². The molecule has 23 heavy (non-hydrogen) atoms. The van der Waals surface area contributed by atoms with Crippen LogP contribution in [0, 0.1) is 11.3 Å². The molecule has 3 saturated carbocycles. The second-order valence-corrected chi connectivity index (χ2v) is 8.27. The predicted octanol–water partition coefficient (Wildman–Crippen LogP) is 2.33. The monoisotopic (exact) mass is 322 g/mol. The van der Waals surface area contributed by atoms with Gasteiger partial charge >= 0.3 is 6.03 Å². The number of carbonyl (C=O) groups is 1. The maximum atomic E-state index is 12.4. The summed E-state index contributed by atoms with van der Waals surface area (Å²) in [5.41, 5.74) is -0.488. The van der Waals surface area contributed by atoms with Gasteiger partial charge in [0.25, 0.3) is 0 Å². The Labute approximate surface area is 138 Å². The summed E-state index contributed by atoms with van der Waals surface area (Å²) in [6.45, 7) is 1.22. The normalized spacial score (nSPS) is 37.2. The molecule has 1 aliphatic heterocycles. The standard InChI is InChI=1S/C18H30N2O3/c21-16(19-12-17(22)7-3-1-2-4-8-17)20-14-13-6-11-23-15(13)18(14)9-5-10-18/h13-15,22H,1-12H2,(H2,19,20,21). The molecule has 1 saturated heterocycles. The molecule has 0 radical (unpaired) electrons. The van der Waals surface area contributed by atoms with Crippen LogP contribution in [0.4, 0.5) is 4.79 Å². The van der Waals surface area contributed by atoms with E-state index in [-0.39, 0.29) is 17.5 Å². The van der Waals surface area contributed by atoms with Gasteiger partial charge in [-0.3, -0.25) is 0 Å². The molecule has 4 rings (SSSR count). The van der Waals surface area contributed by atoms with Crippen LogP contribution in [0.2, 0.25) is 0 Å². The van der Waals surface area contributed by atoms with Crippen LogP contribution in [0.3, 0.4) is 0 Å². The lowest BCUT2D eigenvalue weighted by Gasteiger charge is -2.63. The van der Waals surface area contributed by atoms with E-state index in [1.54, 1.807) is 0 Å². The number of carbonyl (C=O) groups excluding carboxylic acids is 1. The van der Waals surface area contributed by atoms with Crippen molar-refractivity contribution in [2.24, 2.45) is 11.3 Å². The maximum Gasteiger partial charge on any atom is 0.315 e. The quantitative estimate of drug-likeness (QED) is 0.698. The Morgan fingerprint density at radius 2 is 1.83 bits per heavy atom. The largest absolute Gasteiger partial charge is 0.388 e. The van der Waals surface area contributed by atoms with Crippen LogP contribution in [-0.2, 0) is 4.74 Å². The van der Waals surface area contributed by atoms with E-state index in [4.69, 9.17) is 4.74 Å². The molecule has 5 heteroatoms. The number of urea groups is 1. The van der Waals surface area contributed by atoms with Crippen LogP contribution in [0.5, 0.6) is 0 Å². The van der Waals surface area contributed by atoms with Gasteiger partial charge in [0.2, 0.25) is 0 Å². The van der Waals surface area contributed by atoms with Crippen molar-refractivity contribution >= 4 is 6.03 Å². The molecular weight excluding hydrogens is 292 g/mol. The van der Waals surface area contributed by atoms with Crippen LogP contribution in [0.25, 0.3) is 0 Å². The third-order valence-corrected chi connectivity index (χ3v) is 6.93. The summed E-state index contributed by atoms with van der Waals surface area (Å²) < 4.78 is 5.89. The summed E-state index contributed by atoms with van der Waals surface area (Å²) in [6, 6.07) is 0.164. The van der Waals surface area contributed by atoms with Crippen molar-refractivity contribution in [1.82, 2.24) is 10.6 Å². The summed E-state index contributed by atoms with van der Waals surface area (Å²) in [7, 11) is 0. The molecule has 130 valence electrons. The number of hydrogen-bond acceptors (Lipinski definition) is 3. The minimum Gasteiger partial charge on any atom is -0.388 e. The molecule has 0 bridgehead atoms. The molecule has 1 spiro atoms. The highest BCUT2D eigenvalue weighted by atomic mass is 16.5. The molecule has 3 atom stereocenters. The summed E-state index contributed by atoms with van der Waals surface area (Å²) in [5, 5.41) is 16.8. The summed E-state index contributed by atoms with van der Waals surface area (Å²) in [4.78, 5) is 12.4. The average Bonchev–Trinajstić information content (AvgIpc) is 2.78. The Morgan fingerprint density at radius 1 is 1.09 bits per heavy atom. The van der Waals surface area contributed by atoms with Crippen LogP contribution < -0.4 is 10.6 Å². The van der Waals surface area contributed by atoms with Crippen molar-refractivity contribution in [3.8, 4) is 0 Å². The van der Waals surface area contributed by atoms with Gasteiger partial charge in [0, 0.05) is 30.5 Å². The van der Waals surface area contributed by atoms with E-state index in [1.807, 2.05) is 0 Å². The summed E-state index contributed by atoms with van der Waals surface area (Å²) >= 11 is 0. The predicted molar refractivity (Wildman–Crippen MR) is 87.1 cm³/mol. The van der Waals surface area contributed by atoms with E-state index >= 15 is 0 Å². The van der Waals surface area contributed by atoms with E-state index < -0.39 is 5.60 Å². The fourth-order valence-corrected chi connectivity index (χ4v) is 5.46. The van der Waals surface area contributed by atoms with Crippen molar-refractivity contribution < 1.29 is 14.6 Å². The molecule has 3 N–H and O–H groups in total. The molecule has 5 nitrogen and oxygen atoms in total. The van der Waals surface area contributed by atoms with Gasteiger partial charge in [0.1, 0.15) is 0 Å². The summed E-state index contributed by atoms with van der Waals surface area (Å²) in [6.07, 6.45) is 11.2. The first-order valence-electron chi connectivity index (χ1n) is 9.51.